The van der Waals surface area contributed by atoms with Gasteiger partial charge in [-0.25, -0.2) is 0 Å². The average molecular weight is 223 g/mol. The second-order valence-corrected chi connectivity index (χ2v) is 3.74. The molecule has 0 amide bonds. The summed E-state index contributed by atoms with van der Waals surface area (Å²) in [4.78, 5) is 0. The first-order chi connectivity index (χ1) is 7.83. The Bertz CT molecular complexity index is 289. The Morgan fingerprint density at radius 1 is 1.12 bits per heavy atom. The fourth-order valence-corrected chi connectivity index (χ4v) is 1.38. The number of hydrogen-bond donors (Lipinski definition) is 1. The molecule has 16 heavy (non-hydrogen) atoms. The molecule has 1 aromatic carbocycles. The first-order valence-corrected chi connectivity index (χ1v) is 5.89. The van der Waals surface area contributed by atoms with Crippen LogP contribution in [0.4, 0.5) is 5.69 Å². The molecule has 90 valence electrons. The second kappa shape index (κ2) is 7.99. The Balaban J connectivity index is 2.03. The minimum atomic E-state index is 0.579. The van der Waals surface area contributed by atoms with Gasteiger partial charge >= 0.3 is 0 Å². The van der Waals surface area contributed by atoms with Crippen molar-refractivity contribution < 1.29 is 9.47 Å². The van der Waals surface area contributed by atoms with E-state index in [2.05, 4.69) is 6.92 Å². The maximum Gasteiger partial charge on any atom is 0.121 e. The average Bonchev–Trinajstić information content (AvgIpc) is 2.28. The van der Waals surface area contributed by atoms with Gasteiger partial charge < -0.3 is 15.2 Å². The quantitative estimate of drug-likeness (QED) is 0.544. The monoisotopic (exact) mass is 223 g/mol. The minimum absolute atomic E-state index is 0.579. The highest BCUT2D eigenvalue weighted by Crippen LogP contribution is 2.13. The van der Waals surface area contributed by atoms with Gasteiger partial charge in [-0.05, 0) is 18.6 Å². The molecule has 0 spiro atoms. The summed E-state index contributed by atoms with van der Waals surface area (Å²) in [6.07, 6.45) is 3.59. The number of benzene rings is 1. The van der Waals surface area contributed by atoms with Crippen LogP contribution in [0.15, 0.2) is 24.3 Å². The van der Waals surface area contributed by atoms with E-state index in [0.29, 0.717) is 13.2 Å². The van der Waals surface area contributed by atoms with Crippen molar-refractivity contribution in [2.75, 3.05) is 25.6 Å². The van der Waals surface area contributed by atoms with E-state index < -0.39 is 0 Å². The van der Waals surface area contributed by atoms with Gasteiger partial charge in [-0.3, -0.25) is 0 Å². The molecule has 0 heterocycles. The van der Waals surface area contributed by atoms with Crippen molar-refractivity contribution >= 4 is 5.69 Å². The summed E-state index contributed by atoms with van der Waals surface area (Å²) in [6.45, 7) is 4.23. The highest BCUT2D eigenvalue weighted by atomic mass is 16.5. The van der Waals surface area contributed by atoms with Gasteiger partial charge in [-0.15, -0.1) is 0 Å². The maximum atomic E-state index is 5.63. The topological polar surface area (TPSA) is 44.5 Å². The molecule has 0 aliphatic heterocycles. The van der Waals surface area contributed by atoms with Crippen LogP contribution in [0.5, 0.6) is 5.75 Å². The zero-order chi connectivity index (χ0) is 11.6. The molecule has 0 aliphatic rings. The fourth-order valence-electron chi connectivity index (χ4n) is 1.38. The largest absolute Gasteiger partial charge is 0.491 e. The van der Waals surface area contributed by atoms with E-state index in [0.717, 1.165) is 24.5 Å². The van der Waals surface area contributed by atoms with Crippen molar-refractivity contribution in [3.63, 3.8) is 0 Å². The van der Waals surface area contributed by atoms with Gasteiger partial charge in [-0.2, -0.15) is 0 Å². The van der Waals surface area contributed by atoms with Gasteiger partial charge in [0.2, 0.25) is 0 Å². The summed E-state index contributed by atoms with van der Waals surface area (Å²) in [7, 11) is 0. The van der Waals surface area contributed by atoms with Crippen molar-refractivity contribution in [1.29, 1.82) is 0 Å². The molecule has 0 bridgehead atoms. The Morgan fingerprint density at radius 3 is 2.75 bits per heavy atom. The van der Waals surface area contributed by atoms with Crippen molar-refractivity contribution in [1.82, 2.24) is 0 Å². The Morgan fingerprint density at radius 2 is 2.00 bits per heavy atom. The van der Waals surface area contributed by atoms with Crippen molar-refractivity contribution in [2.24, 2.45) is 0 Å². The summed E-state index contributed by atoms with van der Waals surface area (Å²) < 4.78 is 10.9. The van der Waals surface area contributed by atoms with Crippen molar-refractivity contribution in [3.05, 3.63) is 24.3 Å². The zero-order valence-corrected chi connectivity index (χ0v) is 9.95. The SMILES string of the molecule is CCCCCOCCOc1cccc(N)c1. The number of rotatable bonds is 8. The maximum absolute atomic E-state index is 5.63. The first kappa shape index (κ1) is 12.8. The van der Waals surface area contributed by atoms with E-state index in [1.807, 2.05) is 24.3 Å². The number of anilines is 1. The van der Waals surface area contributed by atoms with Crippen LogP contribution in [-0.4, -0.2) is 19.8 Å². The summed E-state index contributed by atoms with van der Waals surface area (Å²) >= 11 is 0. The molecule has 0 fully saturated rings. The van der Waals surface area contributed by atoms with E-state index in [1.54, 1.807) is 0 Å². The molecule has 0 atom stereocenters. The third kappa shape index (κ3) is 5.61. The van der Waals surface area contributed by atoms with Gasteiger partial charge in [-0.1, -0.05) is 25.8 Å². The van der Waals surface area contributed by atoms with Crippen molar-refractivity contribution in [3.8, 4) is 5.75 Å². The van der Waals surface area contributed by atoms with Crippen LogP contribution in [0.3, 0.4) is 0 Å². The highest BCUT2D eigenvalue weighted by Gasteiger charge is 1.94. The van der Waals surface area contributed by atoms with E-state index in [9.17, 15) is 0 Å². The van der Waals surface area contributed by atoms with Crippen LogP contribution in [0.25, 0.3) is 0 Å². The van der Waals surface area contributed by atoms with Crippen LogP contribution in [-0.2, 0) is 4.74 Å². The van der Waals surface area contributed by atoms with E-state index in [4.69, 9.17) is 15.2 Å². The third-order valence-electron chi connectivity index (χ3n) is 2.25. The van der Waals surface area contributed by atoms with Crippen LogP contribution in [0, 0.1) is 0 Å². The van der Waals surface area contributed by atoms with Gasteiger partial charge in [0.15, 0.2) is 0 Å². The number of nitrogens with two attached hydrogens (primary N) is 1. The molecule has 2 N–H and O–H groups in total. The normalized spacial score (nSPS) is 10.3. The number of ether oxygens (including phenoxy) is 2. The second-order valence-electron chi connectivity index (χ2n) is 3.74. The summed E-state index contributed by atoms with van der Waals surface area (Å²) in [5.41, 5.74) is 6.36. The lowest BCUT2D eigenvalue weighted by Crippen LogP contribution is -2.07. The molecule has 0 unspecified atom stereocenters. The van der Waals surface area contributed by atoms with Gasteiger partial charge in [0, 0.05) is 18.4 Å². The van der Waals surface area contributed by atoms with E-state index in [1.165, 1.54) is 12.8 Å². The Kier molecular flexibility index (Phi) is 6.42. The van der Waals surface area contributed by atoms with E-state index in [-0.39, 0.29) is 0 Å². The predicted octanol–water partition coefficient (Wildman–Crippen LogP) is 2.85. The molecule has 0 aliphatic carbocycles. The smallest absolute Gasteiger partial charge is 0.121 e. The van der Waals surface area contributed by atoms with E-state index >= 15 is 0 Å². The number of hydrogen-bond acceptors (Lipinski definition) is 3. The lowest BCUT2D eigenvalue weighted by molar-refractivity contribution is 0.0973. The lowest BCUT2D eigenvalue weighted by Gasteiger charge is -2.07. The Labute approximate surface area is 97.6 Å². The fraction of sp³-hybridized carbons (Fsp3) is 0.538. The number of nitrogen functional groups attached to an aromatic ring is 1. The van der Waals surface area contributed by atoms with Gasteiger partial charge in [0.1, 0.15) is 12.4 Å². The summed E-state index contributed by atoms with van der Waals surface area (Å²) in [6, 6.07) is 7.44. The van der Waals surface area contributed by atoms with Crippen LogP contribution >= 0.6 is 0 Å². The molecule has 3 heteroatoms. The minimum Gasteiger partial charge on any atom is -0.491 e. The molecule has 1 aromatic rings. The lowest BCUT2D eigenvalue weighted by atomic mass is 10.3. The molecular formula is C13H21NO2. The summed E-state index contributed by atoms with van der Waals surface area (Å²) in [5, 5.41) is 0. The molecule has 0 saturated carbocycles. The molecule has 0 aromatic heterocycles. The highest BCUT2D eigenvalue weighted by molar-refractivity contribution is 5.43. The van der Waals surface area contributed by atoms with Crippen molar-refractivity contribution in [2.45, 2.75) is 26.2 Å². The molecule has 1 rings (SSSR count). The zero-order valence-electron chi connectivity index (χ0n) is 9.95. The van der Waals surface area contributed by atoms with Crippen LogP contribution in [0.1, 0.15) is 26.2 Å². The van der Waals surface area contributed by atoms with Crippen LogP contribution < -0.4 is 10.5 Å². The van der Waals surface area contributed by atoms with Gasteiger partial charge in [0.05, 0.1) is 6.61 Å². The molecule has 0 saturated heterocycles. The Hall–Kier alpha value is -1.22. The molecule has 0 radical (unpaired) electrons. The molecule has 3 nitrogen and oxygen atoms in total. The third-order valence-corrected chi connectivity index (χ3v) is 2.25. The predicted molar refractivity (Wildman–Crippen MR) is 66.7 cm³/mol. The standard InChI is InChI=1S/C13H21NO2/c1-2-3-4-8-15-9-10-16-13-7-5-6-12(14)11-13/h5-7,11H,2-4,8-10,14H2,1H3. The molecular weight excluding hydrogens is 202 g/mol. The number of unbranched alkanes of at least 4 members (excludes halogenated alkanes) is 2. The van der Waals surface area contributed by atoms with Gasteiger partial charge in [0.25, 0.3) is 0 Å². The summed E-state index contributed by atoms with van der Waals surface area (Å²) in [5.74, 6) is 0.803. The first-order valence-electron chi connectivity index (χ1n) is 5.89. The van der Waals surface area contributed by atoms with Crippen LogP contribution in [0.2, 0.25) is 0 Å².